The molecule has 0 fully saturated rings. The van der Waals surface area contributed by atoms with Gasteiger partial charge in [0.25, 0.3) is 0 Å². The van der Waals surface area contributed by atoms with Crippen molar-refractivity contribution in [1.29, 1.82) is 0 Å². The summed E-state index contributed by atoms with van der Waals surface area (Å²) in [6.45, 7) is 25.3. The molecule has 2 rings (SSSR count). The Hall–Kier alpha value is -3.89. The molecule has 0 N–H and O–H groups in total. The van der Waals surface area contributed by atoms with E-state index in [1.807, 2.05) is 19.1 Å². The molecule has 2 aromatic rings. The van der Waals surface area contributed by atoms with Gasteiger partial charge < -0.3 is 0 Å². The van der Waals surface area contributed by atoms with E-state index in [-0.39, 0.29) is 5.41 Å². The fraction of sp³-hybridized carbons (Fsp3) is 0.250. The van der Waals surface area contributed by atoms with Crippen molar-refractivity contribution >= 4 is 17.0 Å². The maximum absolute atomic E-state index is 4.80. The molecule has 0 bridgehead atoms. The van der Waals surface area contributed by atoms with Gasteiger partial charge in [0, 0.05) is 5.39 Å². The van der Waals surface area contributed by atoms with Crippen LogP contribution in [0, 0.1) is 25.2 Å². The van der Waals surface area contributed by atoms with Gasteiger partial charge in [-0.15, -0.1) is 12.8 Å². The monoisotopic (exact) mass is 489 g/mol. The summed E-state index contributed by atoms with van der Waals surface area (Å²) in [4.78, 5) is 4.80. The van der Waals surface area contributed by atoms with E-state index in [1.165, 1.54) is 16.7 Å². The SMILES string of the molecule is C#C.C=C/C=C(\C(=C/C)CCC(=C)/C(C=C)=C/C(=C\C)/C=C/c1ccc2ccc(C)cc2n1)C(C)(C)C. The van der Waals surface area contributed by atoms with Crippen LogP contribution in [0.1, 0.15) is 58.7 Å². The average molecular weight is 490 g/mol. The molecular formula is C36H43N. The van der Waals surface area contributed by atoms with Gasteiger partial charge in [0.2, 0.25) is 0 Å². The molecule has 0 radical (unpaired) electrons. The summed E-state index contributed by atoms with van der Waals surface area (Å²) in [5, 5.41) is 1.15. The number of hydrogen-bond acceptors (Lipinski definition) is 1. The molecule has 0 aliphatic rings. The van der Waals surface area contributed by atoms with E-state index in [4.69, 9.17) is 4.98 Å². The summed E-state index contributed by atoms with van der Waals surface area (Å²) >= 11 is 0. The van der Waals surface area contributed by atoms with Crippen LogP contribution in [0.2, 0.25) is 0 Å². The lowest BCUT2D eigenvalue weighted by Gasteiger charge is -2.26. The Morgan fingerprint density at radius 2 is 1.68 bits per heavy atom. The minimum atomic E-state index is 0.0624. The fourth-order valence-electron chi connectivity index (χ4n) is 4.05. The van der Waals surface area contributed by atoms with Crippen molar-refractivity contribution in [3.63, 3.8) is 0 Å². The van der Waals surface area contributed by atoms with E-state index < -0.39 is 0 Å². The minimum absolute atomic E-state index is 0.0624. The van der Waals surface area contributed by atoms with Crippen LogP contribution in [0.15, 0.2) is 120 Å². The Bertz CT molecular complexity index is 1280. The van der Waals surface area contributed by atoms with E-state index >= 15 is 0 Å². The highest BCUT2D eigenvalue weighted by atomic mass is 14.7. The maximum atomic E-state index is 4.80. The van der Waals surface area contributed by atoms with Gasteiger partial charge in [0.15, 0.2) is 0 Å². The predicted octanol–water partition coefficient (Wildman–Crippen LogP) is 10.3. The predicted molar refractivity (Wildman–Crippen MR) is 167 cm³/mol. The van der Waals surface area contributed by atoms with Crippen molar-refractivity contribution in [2.24, 2.45) is 5.41 Å². The summed E-state index contributed by atoms with van der Waals surface area (Å²) in [6.07, 6.45) is 26.3. The number of hydrogen-bond donors (Lipinski definition) is 0. The second kappa shape index (κ2) is 15.3. The number of allylic oxidation sites excluding steroid dienone is 12. The summed E-state index contributed by atoms with van der Waals surface area (Å²) in [6, 6.07) is 10.5. The van der Waals surface area contributed by atoms with Gasteiger partial charge in [-0.1, -0.05) is 95.2 Å². The van der Waals surface area contributed by atoms with Crippen molar-refractivity contribution in [2.75, 3.05) is 0 Å². The number of pyridine rings is 1. The molecular weight excluding hydrogens is 446 g/mol. The van der Waals surface area contributed by atoms with Crippen LogP contribution in [-0.4, -0.2) is 4.98 Å². The Morgan fingerprint density at radius 1 is 1.00 bits per heavy atom. The van der Waals surface area contributed by atoms with Crippen LogP contribution in [-0.2, 0) is 0 Å². The number of aryl methyl sites for hydroxylation is 1. The summed E-state index contributed by atoms with van der Waals surface area (Å²) < 4.78 is 0. The average Bonchev–Trinajstić information content (AvgIpc) is 2.88. The van der Waals surface area contributed by atoms with Crippen molar-refractivity contribution in [3.05, 3.63) is 132 Å². The van der Waals surface area contributed by atoms with E-state index in [0.717, 1.165) is 46.2 Å². The highest BCUT2D eigenvalue weighted by molar-refractivity contribution is 5.80. The summed E-state index contributed by atoms with van der Waals surface area (Å²) in [5.41, 5.74) is 9.14. The third-order valence-electron chi connectivity index (χ3n) is 6.08. The van der Waals surface area contributed by atoms with E-state index in [1.54, 1.807) is 0 Å². The molecule has 1 heteroatoms. The Kier molecular flexibility index (Phi) is 12.9. The number of aromatic nitrogens is 1. The largest absolute Gasteiger partial charge is 0.248 e. The van der Waals surface area contributed by atoms with Gasteiger partial charge in [-0.3, -0.25) is 0 Å². The molecule has 0 aliphatic heterocycles. The molecule has 0 aliphatic carbocycles. The molecule has 1 aromatic carbocycles. The molecule has 192 valence electrons. The van der Waals surface area contributed by atoms with Gasteiger partial charge in [0.1, 0.15) is 0 Å². The van der Waals surface area contributed by atoms with Gasteiger partial charge in [-0.05, 0) is 96.7 Å². The number of benzene rings is 1. The lowest BCUT2D eigenvalue weighted by molar-refractivity contribution is 0.506. The molecule has 0 unspecified atom stereocenters. The molecule has 0 saturated heterocycles. The zero-order valence-corrected chi connectivity index (χ0v) is 23.6. The first-order valence-corrected chi connectivity index (χ1v) is 12.7. The highest BCUT2D eigenvalue weighted by Gasteiger charge is 2.19. The second-order valence-electron chi connectivity index (χ2n) is 9.84. The molecule has 0 amide bonds. The number of nitrogens with zero attached hydrogens (tertiary/aromatic N) is 1. The third-order valence-corrected chi connectivity index (χ3v) is 6.08. The Balaban J connectivity index is 0.00000334. The molecule has 1 nitrogen and oxygen atoms in total. The lowest BCUT2D eigenvalue weighted by Crippen LogP contribution is -2.12. The second-order valence-corrected chi connectivity index (χ2v) is 9.84. The van der Waals surface area contributed by atoms with E-state index in [0.29, 0.717) is 0 Å². The maximum Gasteiger partial charge on any atom is 0.0711 e. The van der Waals surface area contributed by atoms with Gasteiger partial charge >= 0.3 is 0 Å². The van der Waals surface area contributed by atoms with Gasteiger partial charge in [0.05, 0.1) is 11.2 Å². The zero-order chi connectivity index (χ0) is 28.0. The van der Waals surface area contributed by atoms with Gasteiger partial charge in [-0.2, -0.15) is 0 Å². The van der Waals surface area contributed by atoms with Crippen LogP contribution in [0.3, 0.4) is 0 Å². The van der Waals surface area contributed by atoms with Crippen molar-refractivity contribution < 1.29 is 0 Å². The van der Waals surface area contributed by atoms with Crippen molar-refractivity contribution in [2.45, 2.75) is 54.4 Å². The molecule has 0 atom stereocenters. The summed E-state index contributed by atoms with van der Waals surface area (Å²) in [5.74, 6) is 0. The quantitative estimate of drug-likeness (QED) is 0.239. The zero-order valence-electron chi connectivity index (χ0n) is 23.6. The number of rotatable bonds is 10. The van der Waals surface area contributed by atoms with Gasteiger partial charge in [-0.25, -0.2) is 4.98 Å². The summed E-state index contributed by atoms with van der Waals surface area (Å²) in [7, 11) is 0. The highest BCUT2D eigenvalue weighted by Crippen LogP contribution is 2.34. The number of terminal acetylenes is 1. The van der Waals surface area contributed by atoms with Crippen molar-refractivity contribution in [1.82, 2.24) is 4.98 Å². The topological polar surface area (TPSA) is 12.9 Å². The molecule has 1 aromatic heterocycles. The smallest absolute Gasteiger partial charge is 0.0711 e. The minimum Gasteiger partial charge on any atom is -0.248 e. The first kappa shape index (κ1) is 31.1. The van der Waals surface area contributed by atoms with Crippen LogP contribution in [0.4, 0.5) is 0 Å². The standard InChI is InChI=1S/C34H41N.C2H2/c1-10-14-32(34(7,8)9)28(12-3)19-16-26(6)29(13-4)24-27(11-2)17-21-31-22-20-30-18-15-25(5)23-33(30)35-31;1-2/h10-15,17-18,20-24H,1,4,6,16,19H2,2-3,5,7-9H3;1-2H/b21-17+,27-11-,28-12-,29-24+,32-14+;. The molecule has 37 heavy (non-hydrogen) atoms. The fourth-order valence-corrected chi connectivity index (χ4v) is 4.05. The first-order chi connectivity index (χ1) is 17.6. The lowest BCUT2D eigenvalue weighted by atomic mass is 9.79. The first-order valence-electron chi connectivity index (χ1n) is 12.7. The Morgan fingerprint density at radius 3 is 2.24 bits per heavy atom. The molecule has 0 spiro atoms. The number of fused-ring (bicyclic) bond motifs is 1. The van der Waals surface area contributed by atoms with Crippen LogP contribution in [0.25, 0.3) is 17.0 Å². The Labute approximate surface area is 226 Å². The van der Waals surface area contributed by atoms with E-state index in [2.05, 4.69) is 134 Å². The third kappa shape index (κ3) is 9.59. The van der Waals surface area contributed by atoms with Crippen LogP contribution >= 0.6 is 0 Å². The van der Waals surface area contributed by atoms with Crippen LogP contribution < -0.4 is 0 Å². The molecule has 1 heterocycles. The van der Waals surface area contributed by atoms with Crippen LogP contribution in [0.5, 0.6) is 0 Å². The normalized spacial score (nSPS) is 13.3. The van der Waals surface area contributed by atoms with Crippen molar-refractivity contribution in [3.8, 4) is 12.8 Å². The van der Waals surface area contributed by atoms with E-state index in [9.17, 15) is 0 Å². The molecule has 0 saturated carbocycles.